The van der Waals surface area contributed by atoms with E-state index in [1.165, 1.54) is 38.3 Å². The lowest BCUT2D eigenvalue weighted by atomic mass is 10.1. The van der Waals surface area contributed by atoms with Gasteiger partial charge in [-0.2, -0.15) is 8.42 Å². The molecule has 23 heavy (non-hydrogen) atoms. The second kappa shape index (κ2) is 6.55. The lowest BCUT2D eigenvalue weighted by Crippen LogP contribution is -2.12. The molecule has 2 rings (SSSR count). The molecule has 0 aliphatic rings. The van der Waals surface area contributed by atoms with Crippen LogP contribution in [0.1, 0.15) is 17.3 Å². The third-order valence-electron chi connectivity index (χ3n) is 2.93. The van der Waals surface area contributed by atoms with Crippen molar-refractivity contribution in [1.29, 1.82) is 0 Å². The summed E-state index contributed by atoms with van der Waals surface area (Å²) >= 11 is 5.59. The fourth-order valence-corrected chi connectivity index (χ4v) is 2.95. The molecule has 0 amide bonds. The van der Waals surface area contributed by atoms with Gasteiger partial charge in [-0.3, -0.25) is 4.79 Å². The van der Waals surface area contributed by atoms with Crippen molar-refractivity contribution < 1.29 is 26.5 Å². The quantitative estimate of drug-likeness (QED) is 0.604. The Kier molecular flexibility index (Phi) is 4.91. The number of carbonyl (C=O) groups excluding carboxylic acids is 1. The summed E-state index contributed by atoms with van der Waals surface area (Å²) in [5.41, 5.74) is 0.323. The number of benzene rings is 2. The predicted molar refractivity (Wildman–Crippen MR) is 82.2 cm³/mol. The Bertz CT molecular complexity index is 864. The Balaban J connectivity index is 2.43. The van der Waals surface area contributed by atoms with Gasteiger partial charge in [0.15, 0.2) is 17.3 Å². The van der Waals surface area contributed by atoms with Gasteiger partial charge in [-0.25, -0.2) is 4.39 Å². The molecule has 0 N–H and O–H groups in total. The van der Waals surface area contributed by atoms with E-state index in [1.54, 1.807) is 0 Å². The molecular weight excluding hydrogens is 347 g/mol. The molecule has 2 aromatic carbocycles. The molecule has 0 radical (unpaired) electrons. The van der Waals surface area contributed by atoms with Crippen molar-refractivity contribution in [2.75, 3.05) is 7.11 Å². The fourth-order valence-electron chi connectivity index (χ4n) is 1.80. The van der Waals surface area contributed by atoms with Crippen molar-refractivity contribution in [3.8, 4) is 11.5 Å². The zero-order chi connectivity index (χ0) is 17.2. The van der Waals surface area contributed by atoms with Gasteiger partial charge in [0.05, 0.1) is 7.11 Å². The first-order chi connectivity index (χ1) is 10.7. The SMILES string of the molecule is COc1cc(C(C)=O)ccc1OS(=O)(=O)c1ccc(Cl)cc1F. The summed E-state index contributed by atoms with van der Waals surface area (Å²) in [6.07, 6.45) is 0. The summed E-state index contributed by atoms with van der Waals surface area (Å²) in [4.78, 5) is 10.7. The Labute approximate surface area is 137 Å². The van der Waals surface area contributed by atoms with Crippen molar-refractivity contribution in [1.82, 2.24) is 0 Å². The maximum atomic E-state index is 13.8. The monoisotopic (exact) mass is 358 g/mol. The van der Waals surface area contributed by atoms with Crippen LogP contribution in [0.15, 0.2) is 41.3 Å². The summed E-state index contributed by atoms with van der Waals surface area (Å²) in [6.45, 7) is 1.36. The molecule has 0 unspecified atom stereocenters. The molecule has 0 fully saturated rings. The highest BCUT2D eigenvalue weighted by Gasteiger charge is 2.23. The van der Waals surface area contributed by atoms with Crippen molar-refractivity contribution in [2.45, 2.75) is 11.8 Å². The lowest BCUT2D eigenvalue weighted by Gasteiger charge is -2.12. The highest BCUT2D eigenvalue weighted by Crippen LogP contribution is 2.31. The van der Waals surface area contributed by atoms with E-state index in [-0.39, 0.29) is 22.3 Å². The van der Waals surface area contributed by atoms with Gasteiger partial charge in [0, 0.05) is 10.6 Å². The van der Waals surface area contributed by atoms with E-state index in [1.807, 2.05) is 0 Å². The smallest absolute Gasteiger partial charge is 0.342 e. The van der Waals surface area contributed by atoms with Crippen molar-refractivity contribution in [2.24, 2.45) is 0 Å². The molecular formula is C15H12ClFO5S. The first-order valence-corrected chi connectivity index (χ1v) is 8.11. The summed E-state index contributed by atoms with van der Waals surface area (Å²) < 4.78 is 48.1. The number of rotatable bonds is 5. The average molecular weight is 359 g/mol. The number of Topliss-reactive ketones (excluding diaryl/α,β-unsaturated/α-hetero) is 1. The molecule has 0 bridgehead atoms. The first kappa shape index (κ1) is 17.2. The summed E-state index contributed by atoms with van der Waals surface area (Å²) in [6, 6.07) is 7.09. The Morgan fingerprint density at radius 1 is 1.13 bits per heavy atom. The maximum Gasteiger partial charge on any atom is 0.342 e. The summed E-state index contributed by atoms with van der Waals surface area (Å²) in [7, 11) is -3.13. The van der Waals surface area contributed by atoms with Crippen molar-refractivity contribution in [3.63, 3.8) is 0 Å². The molecule has 0 aromatic heterocycles. The van der Waals surface area contributed by atoms with Gasteiger partial charge in [-0.15, -0.1) is 0 Å². The molecule has 0 aliphatic carbocycles. The molecule has 0 atom stereocenters. The third-order valence-corrected chi connectivity index (χ3v) is 4.44. The molecule has 5 nitrogen and oxygen atoms in total. The van der Waals surface area contributed by atoms with Gasteiger partial charge >= 0.3 is 10.1 Å². The standard InChI is InChI=1S/C15H12ClFO5S/c1-9(18)10-3-5-13(14(7-10)21-2)22-23(19,20)15-6-4-11(16)8-12(15)17/h3-8H,1-2H3. The molecule has 0 heterocycles. The molecule has 122 valence electrons. The molecule has 0 saturated heterocycles. The number of halogens is 2. The number of hydrogen-bond acceptors (Lipinski definition) is 5. The van der Waals surface area contributed by atoms with E-state index < -0.39 is 20.8 Å². The van der Waals surface area contributed by atoms with E-state index in [4.69, 9.17) is 20.5 Å². The van der Waals surface area contributed by atoms with Crippen LogP contribution < -0.4 is 8.92 Å². The highest BCUT2D eigenvalue weighted by atomic mass is 35.5. The van der Waals surface area contributed by atoms with Crippen LogP contribution in [-0.4, -0.2) is 21.3 Å². The normalized spacial score (nSPS) is 11.1. The van der Waals surface area contributed by atoms with Gasteiger partial charge < -0.3 is 8.92 Å². The van der Waals surface area contributed by atoms with Crippen molar-refractivity contribution in [3.05, 3.63) is 52.8 Å². The van der Waals surface area contributed by atoms with Crippen LogP contribution in [0.2, 0.25) is 5.02 Å². The van der Waals surface area contributed by atoms with Gasteiger partial charge in [0.2, 0.25) is 0 Å². The topological polar surface area (TPSA) is 69.7 Å². The lowest BCUT2D eigenvalue weighted by molar-refractivity contribution is 0.101. The second-order valence-corrected chi connectivity index (χ2v) is 6.49. The molecule has 8 heteroatoms. The van der Waals surface area contributed by atoms with E-state index in [0.717, 1.165) is 12.1 Å². The highest BCUT2D eigenvalue weighted by molar-refractivity contribution is 7.87. The fraction of sp³-hybridized carbons (Fsp3) is 0.133. The van der Waals surface area contributed by atoms with Crippen LogP contribution in [0.25, 0.3) is 0 Å². The minimum absolute atomic E-state index is 0.0376. The molecule has 2 aromatic rings. The minimum atomic E-state index is -4.43. The number of hydrogen-bond donors (Lipinski definition) is 0. The average Bonchev–Trinajstić information content (AvgIpc) is 2.46. The third kappa shape index (κ3) is 3.80. The number of ether oxygens (including phenoxy) is 1. The zero-order valence-corrected chi connectivity index (χ0v) is 13.7. The molecule has 0 saturated carbocycles. The Morgan fingerprint density at radius 3 is 2.39 bits per heavy atom. The largest absolute Gasteiger partial charge is 0.493 e. The van der Waals surface area contributed by atoms with Crippen molar-refractivity contribution >= 4 is 27.5 Å². The minimum Gasteiger partial charge on any atom is -0.493 e. The van der Waals surface area contributed by atoms with Gasteiger partial charge in [0.1, 0.15) is 10.7 Å². The second-order valence-electron chi connectivity index (χ2n) is 4.53. The Morgan fingerprint density at radius 2 is 1.83 bits per heavy atom. The zero-order valence-electron chi connectivity index (χ0n) is 12.2. The maximum absolute atomic E-state index is 13.8. The van der Waals surface area contributed by atoms with Gasteiger partial charge in [-0.05, 0) is 43.3 Å². The predicted octanol–water partition coefficient (Wildman–Crippen LogP) is 3.46. The first-order valence-electron chi connectivity index (χ1n) is 6.33. The van der Waals surface area contributed by atoms with Crippen LogP contribution in [-0.2, 0) is 10.1 Å². The summed E-state index contributed by atoms with van der Waals surface area (Å²) in [5.74, 6) is -1.37. The number of ketones is 1. The van der Waals surface area contributed by atoms with E-state index in [2.05, 4.69) is 0 Å². The van der Waals surface area contributed by atoms with E-state index in [0.29, 0.717) is 5.56 Å². The number of carbonyl (C=O) groups is 1. The molecule has 0 aliphatic heterocycles. The molecule has 0 spiro atoms. The van der Waals surface area contributed by atoms with Crippen LogP contribution in [0.4, 0.5) is 4.39 Å². The van der Waals surface area contributed by atoms with Crippen LogP contribution in [0.5, 0.6) is 11.5 Å². The number of methoxy groups -OCH3 is 1. The van der Waals surface area contributed by atoms with Crippen LogP contribution in [0, 0.1) is 5.82 Å². The van der Waals surface area contributed by atoms with Gasteiger partial charge in [-0.1, -0.05) is 11.6 Å². The van der Waals surface area contributed by atoms with E-state index >= 15 is 0 Å². The van der Waals surface area contributed by atoms with Gasteiger partial charge in [0.25, 0.3) is 0 Å². The Hall–Kier alpha value is -2.12. The van der Waals surface area contributed by atoms with E-state index in [9.17, 15) is 17.6 Å². The van der Waals surface area contributed by atoms with Crippen LogP contribution >= 0.6 is 11.6 Å². The van der Waals surface area contributed by atoms with Crippen LogP contribution in [0.3, 0.4) is 0 Å². The summed E-state index contributed by atoms with van der Waals surface area (Å²) in [5, 5.41) is 0.0600.